The molecule has 0 bridgehead atoms. The number of hydrogen-bond donors (Lipinski definition) is 0. The summed E-state index contributed by atoms with van der Waals surface area (Å²) in [5.74, 6) is -0.904. The van der Waals surface area contributed by atoms with E-state index in [1.165, 1.54) is 4.90 Å². The molecule has 1 fully saturated rings. The number of hydrogen-bond acceptors (Lipinski definition) is 4. The van der Waals surface area contributed by atoms with Crippen LogP contribution in [0.5, 0.6) is 0 Å². The Labute approximate surface area is 114 Å². The highest BCUT2D eigenvalue weighted by Crippen LogP contribution is 2.36. The van der Waals surface area contributed by atoms with Crippen LogP contribution in [0.1, 0.15) is 47.5 Å². The standard InChI is InChI=1S/C14H22N2O3/c1-6-14(7-2)11(17)10(8-15)9-16(14)12(18)19-13(3,4)5/h10H,6-7,9H2,1-5H3/t10-/m1/s1. The van der Waals surface area contributed by atoms with Crippen molar-refractivity contribution in [3.05, 3.63) is 0 Å². The largest absolute Gasteiger partial charge is 0.444 e. The Morgan fingerprint density at radius 2 is 2.00 bits per heavy atom. The van der Waals surface area contributed by atoms with Gasteiger partial charge in [-0.3, -0.25) is 9.69 Å². The summed E-state index contributed by atoms with van der Waals surface area (Å²) in [7, 11) is 0. The average molecular weight is 266 g/mol. The highest BCUT2D eigenvalue weighted by atomic mass is 16.6. The van der Waals surface area contributed by atoms with Crippen LogP contribution >= 0.6 is 0 Å². The van der Waals surface area contributed by atoms with E-state index < -0.39 is 23.2 Å². The summed E-state index contributed by atoms with van der Waals surface area (Å²) in [5.41, 5.74) is -1.50. The second kappa shape index (κ2) is 5.20. The Morgan fingerprint density at radius 1 is 1.47 bits per heavy atom. The molecule has 0 aromatic carbocycles. The number of likely N-dealkylation sites (tertiary alicyclic amines) is 1. The van der Waals surface area contributed by atoms with Gasteiger partial charge in [-0.15, -0.1) is 0 Å². The Hall–Kier alpha value is -1.57. The van der Waals surface area contributed by atoms with Crippen LogP contribution in [0.2, 0.25) is 0 Å². The third-order valence-corrected chi connectivity index (χ3v) is 3.60. The van der Waals surface area contributed by atoms with Gasteiger partial charge in [-0.05, 0) is 33.6 Å². The third-order valence-electron chi connectivity index (χ3n) is 3.60. The monoisotopic (exact) mass is 266 g/mol. The van der Waals surface area contributed by atoms with Gasteiger partial charge in [-0.1, -0.05) is 13.8 Å². The van der Waals surface area contributed by atoms with Crippen molar-refractivity contribution in [3.63, 3.8) is 0 Å². The lowest BCUT2D eigenvalue weighted by Crippen LogP contribution is -2.51. The lowest BCUT2D eigenvalue weighted by atomic mass is 9.86. The Morgan fingerprint density at radius 3 is 2.37 bits per heavy atom. The predicted molar refractivity (Wildman–Crippen MR) is 70.4 cm³/mol. The van der Waals surface area contributed by atoms with Crippen molar-refractivity contribution in [3.8, 4) is 6.07 Å². The summed E-state index contributed by atoms with van der Waals surface area (Å²) < 4.78 is 5.35. The van der Waals surface area contributed by atoms with E-state index in [9.17, 15) is 9.59 Å². The van der Waals surface area contributed by atoms with Gasteiger partial charge >= 0.3 is 6.09 Å². The Kier molecular flexibility index (Phi) is 4.24. The molecule has 1 atom stereocenters. The van der Waals surface area contributed by atoms with Crippen LogP contribution in [-0.2, 0) is 9.53 Å². The second-order valence-electron chi connectivity index (χ2n) is 5.88. The number of amides is 1. The SMILES string of the molecule is CCC1(CC)C(=O)[C@H](C#N)CN1C(=O)OC(C)(C)C. The second-order valence-corrected chi connectivity index (χ2v) is 5.88. The lowest BCUT2D eigenvalue weighted by Gasteiger charge is -2.36. The summed E-state index contributed by atoms with van der Waals surface area (Å²) in [6, 6.07) is 1.99. The zero-order valence-electron chi connectivity index (χ0n) is 12.3. The smallest absolute Gasteiger partial charge is 0.411 e. The highest BCUT2D eigenvalue weighted by Gasteiger charge is 2.54. The van der Waals surface area contributed by atoms with Gasteiger partial charge in [0.05, 0.1) is 6.07 Å². The summed E-state index contributed by atoms with van der Waals surface area (Å²) in [5, 5.41) is 9.04. The van der Waals surface area contributed by atoms with Crippen LogP contribution in [-0.4, -0.2) is 34.5 Å². The quantitative estimate of drug-likeness (QED) is 0.770. The normalized spacial score (nSPS) is 22.2. The summed E-state index contributed by atoms with van der Waals surface area (Å²) in [6.07, 6.45) is 0.488. The molecule has 19 heavy (non-hydrogen) atoms. The molecular weight excluding hydrogens is 244 g/mol. The van der Waals surface area contributed by atoms with E-state index in [0.29, 0.717) is 12.8 Å². The maximum atomic E-state index is 12.3. The fraction of sp³-hybridized carbons (Fsp3) is 0.786. The van der Waals surface area contributed by atoms with Gasteiger partial charge in [0.1, 0.15) is 17.1 Å². The number of nitrogens with zero attached hydrogens (tertiary/aromatic N) is 2. The molecule has 5 nitrogen and oxygen atoms in total. The molecule has 0 saturated carbocycles. The molecule has 1 aliphatic rings. The van der Waals surface area contributed by atoms with Crippen molar-refractivity contribution in [2.45, 2.75) is 58.6 Å². The summed E-state index contributed by atoms with van der Waals surface area (Å²) in [6.45, 7) is 9.20. The summed E-state index contributed by atoms with van der Waals surface area (Å²) >= 11 is 0. The van der Waals surface area contributed by atoms with Crippen molar-refractivity contribution in [1.29, 1.82) is 5.26 Å². The molecule has 0 N–H and O–H groups in total. The first kappa shape index (κ1) is 15.5. The van der Waals surface area contributed by atoms with Gasteiger partial charge in [0, 0.05) is 6.54 Å². The van der Waals surface area contributed by atoms with Crippen molar-refractivity contribution < 1.29 is 14.3 Å². The van der Waals surface area contributed by atoms with Crippen LogP contribution in [0.3, 0.4) is 0 Å². The molecule has 0 aliphatic carbocycles. The minimum atomic E-state index is -0.886. The predicted octanol–water partition coefficient (Wildman–Crippen LogP) is 2.50. The minimum Gasteiger partial charge on any atom is -0.444 e. The van der Waals surface area contributed by atoms with E-state index in [4.69, 9.17) is 10.00 Å². The molecule has 0 spiro atoms. The maximum Gasteiger partial charge on any atom is 0.411 e. The number of ether oxygens (including phenoxy) is 1. The molecule has 1 saturated heterocycles. The first-order valence-electron chi connectivity index (χ1n) is 6.66. The highest BCUT2D eigenvalue weighted by molar-refractivity contribution is 5.98. The van der Waals surface area contributed by atoms with Crippen molar-refractivity contribution in [1.82, 2.24) is 4.90 Å². The van der Waals surface area contributed by atoms with E-state index in [1.807, 2.05) is 19.9 Å². The number of carbonyl (C=O) groups excluding carboxylic acids is 2. The maximum absolute atomic E-state index is 12.3. The molecule has 0 unspecified atom stereocenters. The molecule has 0 radical (unpaired) electrons. The number of Topliss-reactive ketones (excluding diaryl/α,β-unsaturated/α-hetero) is 1. The topological polar surface area (TPSA) is 70.4 Å². The average Bonchev–Trinajstić information content (AvgIpc) is 2.60. The number of rotatable bonds is 2. The summed E-state index contributed by atoms with van der Waals surface area (Å²) in [4.78, 5) is 26.0. The van der Waals surface area contributed by atoms with Gasteiger partial charge in [0.25, 0.3) is 0 Å². The number of nitriles is 1. The molecular formula is C14H22N2O3. The first-order chi connectivity index (χ1) is 8.71. The van der Waals surface area contributed by atoms with Gasteiger partial charge in [-0.25, -0.2) is 4.79 Å². The zero-order valence-corrected chi connectivity index (χ0v) is 12.3. The Bertz CT molecular complexity index is 413. The van der Waals surface area contributed by atoms with E-state index >= 15 is 0 Å². The van der Waals surface area contributed by atoms with Crippen molar-refractivity contribution >= 4 is 11.9 Å². The van der Waals surface area contributed by atoms with Crippen LogP contribution in [0.25, 0.3) is 0 Å². The zero-order chi connectivity index (χ0) is 14.8. The van der Waals surface area contributed by atoms with Gasteiger partial charge in [0.2, 0.25) is 0 Å². The molecule has 106 valence electrons. The molecule has 0 aromatic rings. The van der Waals surface area contributed by atoms with E-state index in [1.54, 1.807) is 20.8 Å². The fourth-order valence-corrected chi connectivity index (χ4v) is 2.54. The molecule has 1 aliphatic heterocycles. The van der Waals surface area contributed by atoms with Gasteiger partial charge < -0.3 is 4.74 Å². The van der Waals surface area contributed by atoms with Crippen LogP contribution in [0.4, 0.5) is 4.79 Å². The van der Waals surface area contributed by atoms with E-state index in [0.717, 1.165) is 0 Å². The van der Waals surface area contributed by atoms with Crippen molar-refractivity contribution in [2.24, 2.45) is 5.92 Å². The number of ketones is 1. The first-order valence-corrected chi connectivity index (χ1v) is 6.66. The van der Waals surface area contributed by atoms with Crippen LogP contribution in [0, 0.1) is 17.2 Å². The van der Waals surface area contributed by atoms with Crippen LogP contribution < -0.4 is 0 Å². The van der Waals surface area contributed by atoms with E-state index in [-0.39, 0.29) is 12.3 Å². The van der Waals surface area contributed by atoms with E-state index in [2.05, 4.69) is 0 Å². The molecule has 1 amide bonds. The van der Waals surface area contributed by atoms with Crippen molar-refractivity contribution in [2.75, 3.05) is 6.54 Å². The fourth-order valence-electron chi connectivity index (χ4n) is 2.54. The molecule has 0 aromatic heterocycles. The van der Waals surface area contributed by atoms with Crippen LogP contribution in [0.15, 0.2) is 0 Å². The third kappa shape index (κ3) is 2.73. The molecule has 1 heterocycles. The van der Waals surface area contributed by atoms with Gasteiger partial charge in [-0.2, -0.15) is 5.26 Å². The molecule has 5 heteroatoms. The minimum absolute atomic E-state index is 0.131. The lowest BCUT2D eigenvalue weighted by molar-refractivity contribution is -0.127. The number of carbonyl (C=O) groups is 2. The molecule has 1 rings (SSSR count). The Balaban J connectivity index is 3.08. The van der Waals surface area contributed by atoms with Gasteiger partial charge in [0.15, 0.2) is 5.78 Å².